The van der Waals surface area contributed by atoms with Crippen molar-refractivity contribution in [2.75, 3.05) is 13.7 Å². The Morgan fingerprint density at radius 1 is 1.44 bits per heavy atom. The van der Waals surface area contributed by atoms with Gasteiger partial charge in [0.2, 0.25) is 0 Å². The Morgan fingerprint density at radius 3 is 2.89 bits per heavy atom. The van der Waals surface area contributed by atoms with Gasteiger partial charge < -0.3 is 14.9 Å². The minimum absolute atomic E-state index is 0.254. The molecule has 0 aliphatic rings. The lowest BCUT2D eigenvalue weighted by molar-refractivity contribution is 0.0975. The van der Waals surface area contributed by atoms with Crippen LogP contribution in [-0.4, -0.2) is 19.6 Å². The number of furan rings is 1. The topological polar surface area (TPSA) is 65.5 Å². The molecule has 4 heteroatoms. The van der Waals surface area contributed by atoms with Crippen LogP contribution < -0.4 is 5.73 Å². The number of rotatable bonds is 5. The molecule has 1 amide bonds. The molecule has 0 spiro atoms. The van der Waals surface area contributed by atoms with Crippen molar-refractivity contribution in [3.05, 3.63) is 35.1 Å². The second-order valence-electron chi connectivity index (χ2n) is 4.31. The molecule has 4 nitrogen and oxygen atoms in total. The molecule has 1 aromatic carbocycles. The molecule has 96 valence electrons. The predicted molar refractivity (Wildman–Crippen MR) is 69.7 cm³/mol. The fourth-order valence-electron chi connectivity index (χ4n) is 2.24. The summed E-state index contributed by atoms with van der Waals surface area (Å²) in [7, 11) is 1.69. The number of nitrogens with two attached hydrogens (primary N) is 1. The van der Waals surface area contributed by atoms with Gasteiger partial charge in [-0.2, -0.15) is 0 Å². The van der Waals surface area contributed by atoms with Crippen LogP contribution in [0.2, 0.25) is 0 Å². The molecule has 18 heavy (non-hydrogen) atoms. The number of hydrogen-bond donors (Lipinski definition) is 1. The van der Waals surface area contributed by atoms with Gasteiger partial charge >= 0.3 is 0 Å². The van der Waals surface area contributed by atoms with Crippen LogP contribution in [0, 0.1) is 6.92 Å². The van der Waals surface area contributed by atoms with Crippen LogP contribution in [0.1, 0.15) is 28.1 Å². The highest BCUT2D eigenvalue weighted by molar-refractivity contribution is 5.99. The number of aryl methyl sites for hydroxylation is 2. The van der Waals surface area contributed by atoms with E-state index in [0.29, 0.717) is 0 Å². The van der Waals surface area contributed by atoms with Gasteiger partial charge in [0.15, 0.2) is 5.76 Å². The molecule has 0 saturated carbocycles. The van der Waals surface area contributed by atoms with E-state index in [1.807, 2.05) is 25.1 Å². The third kappa shape index (κ3) is 2.24. The van der Waals surface area contributed by atoms with Crippen molar-refractivity contribution < 1.29 is 13.9 Å². The summed E-state index contributed by atoms with van der Waals surface area (Å²) in [5, 5.41) is 1.00. The van der Waals surface area contributed by atoms with Crippen LogP contribution in [0.3, 0.4) is 0 Å². The van der Waals surface area contributed by atoms with E-state index in [-0.39, 0.29) is 5.76 Å². The van der Waals surface area contributed by atoms with E-state index >= 15 is 0 Å². The summed E-state index contributed by atoms with van der Waals surface area (Å²) in [6, 6.07) is 5.83. The first-order valence-electron chi connectivity index (χ1n) is 5.95. The highest BCUT2D eigenvalue weighted by Crippen LogP contribution is 2.28. The Kier molecular flexibility index (Phi) is 3.67. The highest BCUT2D eigenvalue weighted by atomic mass is 16.5. The Morgan fingerprint density at radius 2 is 2.22 bits per heavy atom. The monoisotopic (exact) mass is 247 g/mol. The minimum Gasteiger partial charge on any atom is -0.451 e. The second kappa shape index (κ2) is 5.23. The lowest BCUT2D eigenvalue weighted by Gasteiger charge is -2.03. The molecule has 2 aromatic rings. The molecule has 0 bridgehead atoms. The van der Waals surface area contributed by atoms with Crippen LogP contribution >= 0.6 is 0 Å². The molecule has 0 radical (unpaired) electrons. The van der Waals surface area contributed by atoms with Crippen molar-refractivity contribution in [1.82, 2.24) is 0 Å². The number of benzene rings is 1. The van der Waals surface area contributed by atoms with Crippen molar-refractivity contribution >= 4 is 16.9 Å². The molecular formula is C14H17NO3. The van der Waals surface area contributed by atoms with Gasteiger partial charge in [-0.25, -0.2) is 0 Å². The molecule has 1 heterocycles. The number of methoxy groups -OCH3 is 1. The van der Waals surface area contributed by atoms with Gasteiger partial charge in [-0.1, -0.05) is 12.1 Å². The van der Waals surface area contributed by atoms with Crippen LogP contribution in [0.25, 0.3) is 11.0 Å². The Labute approximate surface area is 106 Å². The van der Waals surface area contributed by atoms with Crippen molar-refractivity contribution in [3.8, 4) is 0 Å². The van der Waals surface area contributed by atoms with E-state index in [0.717, 1.165) is 36.0 Å². The minimum atomic E-state index is -0.522. The second-order valence-corrected chi connectivity index (χ2v) is 4.31. The normalized spacial score (nSPS) is 11.0. The summed E-state index contributed by atoms with van der Waals surface area (Å²) >= 11 is 0. The summed E-state index contributed by atoms with van der Waals surface area (Å²) in [5.41, 5.74) is 8.01. The number of ether oxygens (including phenoxy) is 1. The summed E-state index contributed by atoms with van der Waals surface area (Å²) in [6.07, 6.45) is 1.83. The largest absolute Gasteiger partial charge is 0.451 e. The lowest BCUT2D eigenvalue weighted by atomic mass is 10.0. The van der Waals surface area contributed by atoms with Crippen molar-refractivity contribution in [2.45, 2.75) is 19.8 Å². The zero-order valence-electron chi connectivity index (χ0n) is 10.7. The maximum absolute atomic E-state index is 11.3. The van der Waals surface area contributed by atoms with E-state index in [4.69, 9.17) is 14.9 Å². The van der Waals surface area contributed by atoms with Crippen molar-refractivity contribution in [1.29, 1.82) is 0 Å². The van der Waals surface area contributed by atoms with Gasteiger partial charge in [0, 0.05) is 24.7 Å². The molecule has 0 atom stereocenters. The molecule has 0 unspecified atom stereocenters. The zero-order chi connectivity index (χ0) is 13.1. The fraction of sp³-hybridized carbons (Fsp3) is 0.357. The first-order valence-corrected chi connectivity index (χ1v) is 5.95. The van der Waals surface area contributed by atoms with Crippen LogP contribution in [0.5, 0.6) is 0 Å². The number of carbonyl (C=O) groups excluding carboxylic acids is 1. The molecule has 2 N–H and O–H groups in total. The number of carbonyl (C=O) groups is 1. The van der Waals surface area contributed by atoms with Gasteiger partial charge in [0.25, 0.3) is 5.91 Å². The SMILES string of the molecule is COCCCc1cccc2oc(C(N)=O)c(C)c12. The molecule has 0 saturated heterocycles. The summed E-state index contributed by atoms with van der Waals surface area (Å²) in [5.74, 6) is -0.268. The third-order valence-corrected chi connectivity index (χ3v) is 3.06. The average Bonchev–Trinajstić information content (AvgIpc) is 2.68. The van der Waals surface area contributed by atoms with E-state index < -0.39 is 5.91 Å². The first-order chi connectivity index (χ1) is 8.65. The lowest BCUT2D eigenvalue weighted by Crippen LogP contribution is -2.10. The van der Waals surface area contributed by atoms with E-state index in [9.17, 15) is 4.79 Å². The van der Waals surface area contributed by atoms with E-state index in [2.05, 4.69) is 0 Å². The molecule has 2 rings (SSSR count). The van der Waals surface area contributed by atoms with Gasteiger partial charge in [0.1, 0.15) is 5.58 Å². The maximum atomic E-state index is 11.3. The van der Waals surface area contributed by atoms with Crippen LogP contribution in [0.15, 0.2) is 22.6 Å². The maximum Gasteiger partial charge on any atom is 0.284 e. The van der Waals surface area contributed by atoms with E-state index in [1.165, 1.54) is 5.56 Å². The quantitative estimate of drug-likeness (QED) is 0.825. The van der Waals surface area contributed by atoms with Gasteiger partial charge in [-0.15, -0.1) is 0 Å². The summed E-state index contributed by atoms with van der Waals surface area (Å²) < 4.78 is 10.6. The Balaban J connectivity index is 2.44. The molecule has 1 aromatic heterocycles. The van der Waals surface area contributed by atoms with Gasteiger partial charge in [-0.3, -0.25) is 4.79 Å². The summed E-state index contributed by atoms with van der Waals surface area (Å²) in [6.45, 7) is 2.59. The summed E-state index contributed by atoms with van der Waals surface area (Å²) in [4.78, 5) is 11.3. The molecular weight excluding hydrogens is 230 g/mol. The predicted octanol–water partition coefficient (Wildman–Crippen LogP) is 2.42. The molecule has 0 fully saturated rings. The number of amides is 1. The first kappa shape index (κ1) is 12.6. The van der Waals surface area contributed by atoms with E-state index in [1.54, 1.807) is 7.11 Å². The molecule has 0 aliphatic heterocycles. The number of primary amides is 1. The standard InChI is InChI=1S/C14H17NO3/c1-9-12-10(6-4-8-17-2)5-3-7-11(12)18-13(9)14(15)16/h3,5,7H,4,6,8H2,1-2H3,(H2,15,16). The van der Waals surface area contributed by atoms with Crippen molar-refractivity contribution in [3.63, 3.8) is 0 Å². The zero-order valence-corrected chi connectivity index (χ0v) is 10.7. The molecule has 0 aliphatic carbocycles. The third-order valence-electron chi connectivity index (χ3n) is 3.06. The Bertz CT molecular complexity index is 572. The van der Waals surface area contributed by atoms with Crippen LogP contribution in [-0.2, 0) is 11.2 Å². The smallest absolute Gasteiger partial charge is 0.284 e. The van der Waals surface area contributed by atoms with Gasteiger partial charge in [-0.05, 0) is 31.4 Å². The highest BCUT2D eigenvalue weighted by Gasteiger charge is 2.16. The van der Waals surface area contributed by atoms with Crippen LogP contribution in [0.4, 0.5) is 0 Å². The average molecular weight is 247 g/mol. The number of fused-ring (bicyclic) bond motifs is 1. The fourth-order valence-corrected chi connectivity index (χ4v) is 2.24. The van der Waals surface area contributed by atoms with Crippen molar-refractivity contribution in [2.24, 2.45) is 5.73 Å². The Hall–Kier alpha value is -1.81. The van der Waals surface area contributed by atoms with Gasteiger partial charge in [0.05, 0.1) is 0 Å². The number of hydrogen-bond acceptors (Lipinski definition) is 3.